The van der Waals surface area contributed by atoms with Crippen molar-refractivity contribution in [1.29, 1.82) is 0 Å². The van der Waals surface area contributed by atoms with E-state index in [1.54, 1.807) is 6.07 Å². The third-order valence-electron chi connectivity index (χ3n) is 4.31. The van der Waals surface area contributed by atoms with Crippen LogP contribution in [-0.4, -0.2) is 15.5 Å². The van der Waals surface area contributed by atoms with Crippen LogP contribution < -0.4 is 10.9 Å². The first-order valence-corrected chi connectivity index (χ1v) is 9.47. The number of carbonyl (C=O) groups is 1. The molecule has 0 saturated heterocycles. The Bertz CT molecular complexity index is 1130. The van der Waals surface area contributed by atoms with Gasteiger partial charge in [-0.05, 0) is 34.7 Å². The van der Waals surface area contributed by atoms with Crippen molar-refractivity contribution in [3.8, 4) is 11.1 Å². The molecule has 5 nitrogen and oxygen atoms in total. The number of thiophene rings is 1. The maximum atomic E-state index is 12.3. The zero-order valence-electron chi connectivity index (χ0n) is 14.5. The number of hydrogen-bond acceptors (Lipinski definition) is 4. The average Bonchev–Trinajstić information content (AvgIpc) is 3.18. The fourth-order valence-corrected chi connectivity index (χ4v) is 3.60. The molecule has 4 rings (SSSR count). The van der Waals surface area contributed by atoms with Crippen LogP contribution in [-0.2, 0) is 11.3 Å². The van der Waals surface area contributed by atoms with Crippen molar-refractivity contribution in [1.82, 2.24) is 9.55 Å². The van der Waals surface area contributed by atoms with E-state index in [-0.39, 0.29) is 17.9 Å². The van der Waals surface area contributed by atoms with Crippen LogP contribution in [0.1, 0.15) is 6.42 Å². The molecule has 27 heavy (non-hydrogen) atoms. The summed E-state index contributed by atoms with van der Waals surface area (Å²) < 4.78 is 1.48. The van der Waals surface area contributed by atoms with E-state index in [9.17, 15) is 9.59 Å². The topological polar surface area (TPSA) is 64.0 Å². The van der Waals surface area contributed by atoms with Crippen LogP contribution in [0, 0.1) is 0 Å². The van der Waals surface area contributed by atoms with Gasteiger partial charge < -0.3 is 5.32 Å². The highest BCUT2D eigenvalue weighted by molar-refractivity contribution is 7.16. The number of carbonyl (C=O) groups excluding carboxylic acids is 1. The number of nitrogens with one attached hydrogen (secondary N) is 1. The third kappa shape index (κ3) is 3.80. The molecular formula is C21H17N3O2S. The minimum atomic E-state index is -0.139. The summed E-state index contributed by atoms with van der Waals surface area (Å²) in [6.45, 7) is 0.297. The number of anilines is 1. The number of aryl methyl sites for hydroxylation is 1. The van der Waals surface area contributed by atoms with Crippen molar-refractivity contribution in [3.05, 3.63) is 82.7 Å². The summed E-state index contributed by atoms with van der Waals surface area (Å²) >= 11 is 1.43. The Balaban J connectivity index is 1.39. The van der Waals surface area contributed by atoms with E-state index in [1.165, 1.54) is 22.2 Å². The number of benzene rings is 2. The first kappa shape index (κ1) is 17.2. The molecule has 0 bridgehead atoms. The number of amides is 1. The van der Waals surface area contributed by atoms with Gasteiger partial charge in [0.25, 0.3) is 5.56 Å². The number of aromatic nitrogens is 2. The Hall–Kier alpha value is -3.25. The summed E-state index contributed by atoms with van der Waals surface area (Å²) in [5.74, 6) is -0.139. The van der Waals surface area contributed by atoms with Crippen molar-refractivity contribution in [2.45, 2.75) is 13.0 Å². The summed E-state index contributed by atoms with van der Waals surface area (Å²) in [6.07, 6.45) is 1.71. The predicted octanol–water partition coefficient (Wildman–Crippen LogP) is 4.15. The lowest BCUT2D eigenvalue weighted by molar-refractivity contribution is -0.116. The van der Waals surface area contributed by atoms with E-state index in [0.717, 1.165) is 21.6 Å². The molecule has 1 amide bonds. The molecule has 0 spiro atoms. The molecule has 2 heterocycles. The Kier molecular flexibility index (Phi) is 4.80. The molecule has 0 aliphatic carbocycles. The molecule has 2 aromatic carbocycles. The fourth-order valence-electron chi connectivity index (χ4n) is 2.87. The van der Waals surface area contributed by atoms with E-state index in [1.807, 2.05) is 60.0 Å². The highest BCUT2D eigenvalue weighted by Gasteiger charge is 2.08. The van der Waals surface area contributed by atoms with Gasteiger partial charge in [-0.15, -0.1) is 11.3 Å². The molecule has 134 valence electrons. The van der Waals surface area contributed by atoms with Gasteiger partial charge in [-0.25, -0.2) is 4.98 Å². The molecule has 6 heteroatoms. The van der Waals surface area contributed by atoms with Gasteiger partial charge in [0.1, 0.15) is 4.83 Å². The first-order valence-electron chi connectivity index (χ1n) is 8.59. The lowest BCUT2D eigenvalue weighted by Crippen LogP contribution is -2.23. The minimum absolute atomic E-state index is 0.110. The van der Waals surface area contributed by atoms with Crippen LogP contribution in [0.4, 0.5) is 5.69 Å². The van der Waals surface area contributed by atoms with E-state index in [2.05, 4.69) is 10.3 Å². The van der Waals surface area contributed by atoms with Gasteiger partial charge in [-0.3, -0.25) is 14.2 Å². The van der Waals surface area contributed by atoms with Crippen molar-refractivity contribution >= 4 is 33.1 Å². The van der Waals surface area contributed by atoms with Crippen LogP contribution in [0.2, 0.25) is 0 Å². The largest absolute Gasteiger partial charge is 0.326 e. The highest BCUT2D eigenvalue weighted by atomic mass is 32.1. The standard InChI is InChI=1S/C21H17N3O2S/c25-19(10-12-24-14-22-20-18(21(24)26)11-13-27-20)23-17-8-6-16(7-9-17)15-4-2-1-3-5-15/h1-9,11,13-14H,10,12H2,(H,23,25). The Labute approximate surface area is 159 Å². The van der Waals surface area contributed by atoms with E-state index in [0.29, 0.717) is 11.9 Å². The van der Waals surface area contributed by atoms with Gasteiger partial charge in [0.15, 0.2) is 0 Å². The quantitative estimate of drug-likeness (QED) is 0.570. The molecule has 0 unspecified atom stereocenters. The second kappa shape index (κ2) is 7.55. The lowest BCUT2D eigenvalue weighted by atomic mass is 10.1. The van der Waals surface area contributed by atoms with E-state index in [4.69, 9.17) is 0 Å². The summed E-state index contributed by atoms with van der Waals surface area (Å²) in [4.78, 5) is 29.5. The second-order valence-electron chi connectivity index (χ2n) is 6.12. The molecule has 4 aromatic rings. The van der Waals surface area contributed by atoms with Gasteiger partial charge >= 0.3 is 0 Å². The average molecular weight is 375 g/mol. The van der Waals surface area contributed by atoms with Crippen molar-refractivity contribution in [3.63, 3.8) is 0 Å². The normalized spacial score (nSPS) is 10.8. The molecule has 2 aromatic heterocycles. The Morgan fingerprint density at radius 3 is 2.52 bits per heavy atom. The lowest BCUT2D eigenvalue weighted by Gasteiger charge is -2.08. The zero-order valence-corrected chi connectivity index (χ0v) is 15.3. The summed E-state index contributed by atoms with van der Waals surface area (Å²) in [5.41, 5.74) is 2.85. The van der Waals surface area contributed by atoms with Gasteiger partial charge in [0.2, 0.25) is 5.91 Å². The highest BCUT2D eigenvalue weighted by Crippen LogP contribution is 2.21. The van der Waals surface area contributed by atoms with Crippen molar-refractivity contribution < 1.29 is 4.79 Å². The van der Waals surface area contributed by atoms with Gasteiger partial charge in [0, 0.05) is 18.7 Å². The summed E-state index contributed by atoms with van der Waals surface area (Å²) in [7, 11) is 0. The predicted molar refractivity (Wildman–Crippen MR) is 109 cm³/mol. The molecule has 1 N–H and O–H groups in total. The molecule has 0 atom stereocenters. The van der Waals surface area contributed by atoms with Gasteiger partial charge in [-0.1, -0.05) is 42.5 Å². The maximum absolute atomic E-state index is 12.3. The molecule has 0 aliphatic heterocycles. The van der Waals surface area contributed by atoms with Crippen LogP contribution in [0.25, 0.3) is 21.3 Å². The summed E-state index contributed by atoms with van der Waals surface area (Å²) in [6, 6.07) is 19.5. The SMILES string of the molecule is O=C(CCn1cnc2sccc2c1=O)Nc1ccc(-c2ccccc2)cc1. The van der Waals surface area contributed by atoms with Crippen LogP contribution >= 0.6 is 11.3 Å². The molecule has 0 saturated carbocycles. The zero-order chi connectivity index (χ0) is 18.6. The van der Waals surface area contributed by atoms with Crippen LogP contribution in [0.3, 0.4) is 0 Å². The number of rotatable bonds is 5. The van der Waals surface area contributed by atoms with Crippen LogP contribution in [0.15, 0.2) is 77.2 Å². The van der Waals surface area contributed by atoms with Crippen molar-refractivity contribution in [2.75, 3.05) is 5.32 Å². The smallest absolute Gasteiger partial charge is 0.262 e. The van der Waals surface area contributed by atoms with Gasteiger partial charge in [-0.2, -0.15) is 0 Å². The summed E-state index contributed by atoms with van der Waals surface area (Å²) in [5, 5.41) is 5.31. The van der Waals surface area contributed by atoms with E-state index < -0.39 is 0 Å². The van der Waals surface area contributed by atoms with Crippen molar-refractivity contribution in [2.24, 2.45) is 0 Å². The minimum Gasteiger partial charge on any atom is -0.326 e. The number of fused-ring (bicyclic) bond motifs is 1. The molecule has 0 radical (unpaired) electrons. The molecular weight excluding hydrogens is 358 g/mol. The second-order valence-corrected chi connectivity index (χ2v) is 7.02. The third-order valence-corrected chi connectivity index (χ3v) is 5.13. The Morgan fingerprint density at radius 1 is 1.00 bits per heavy atom. The number of hydrogen-bond donors (Lipinski definition) is 1. The Morgan fingerprint density at radius 2 is 1.74 bits per heavy atom. The van der Waals surface area contributed by atoms with E-state index >= 15 is 0 Å². The molecule has 0 aliphatic rings. The number of nitrogens with zero attached hydrogens (tertiary/aromatic N) is 2. The fraction of sp³-hybridized carbons (Fsp3) is 0.0952. The maximum Gasteiger partial charge on any atom is 0.262 e. The molecule has 0 fully saturated rings. The first-order chi connectivity index (χ1) is 13.2. The van der Waals surface area contributed by atoms with Crippen LogP contribution in [0.5, 0.6) is 0 Å². The van der Waals surface area contributed by atoms with Gasteiger partial charge in [0.05, 0.1) is 11.7 Å². The monoisotopic (exact) mass is 375 g/mol.